The van der Waals surface area contributed by atoms with Gasteiger partial charge in [0.15, 0.2) is 11.6 Å². The molecule has 0 fully saturated rings. The summed E-state index contributed by atoms with van der Waals surface area (Å²) in [6, 6.07) is 3.89. The van der Waals surface area contributed by atoms with Gasteiger partial charge in [-0.05, 0) is 25.1 Å². The highest BCUT2D eigenvalue weighted by molar-refractivity contribution is 7.99. The van der Waals surface area contributed by atoms with Gasteiger partial charge in [0, 0.05) is 10.6 Å². The molecule has 0 unspecified atom stereocenters. The van der Waals surface area contributed by atoms with E-state index in [-0.39, 0.29) is 0 Å². The molecule has 13 heavy (non-hydrogen) atoms. The van der Waals surface area contributed by atoms with Gasteiger partial charge in [-0.3, -0.25) is 0 Å². The summed E-state index contributed by atoms with van der Waals surface area (Å²) in [5.41, 5.74) is 1.01. The van der Waals surface area contributed by atoms with Crippen LogP contribution < -0.4 is 0 Å². The third kappa shape index (κ3) is 3.19. The molecule has 0 radical (unpaired) electrons. The Morgan fingerprint density at radius 1 is 1.38 bits per heavy atom. The Morgan fingerprint density at radius 3 is 2.62 bits per heavy atom. The summed E-state index contributed by atoms with van der Waals surface area (Å²) < 4.78 is 25.2. The maximum Gasteiger partial charge on any atom is 0.159 e. The molecule has 1 rings (SSSR count). The van der Waals surface area contributed by atoms with E-state index in [4.69, 9.17) is 0 Å². The van der Waals surface area contributed by atoms with Gasteiger partial charge in [0.25, 0.3) is 0 Å². The van der Waals surface area contributed by atoms with Crippen LogP contribution in [-0.2, 0) is 0 Å². The smallest absolute Gasteiger partial charge is 0.159 e. The molecular weight excluding hydrogens is 190 g/mol. The molecule has 0 aromatic heterocycles. The fourth-order valence-corrected chi connectivity index (χ4v) is 1.54. The third-order valence-corrected chi connectivity index (χ3v) is 2.60. The minimum Gasteiger partial charge on any atom is -0.204 e. The monoisotopic (exact) mass is 200 g/mol. The molecule has 1 aromatic carbocycles. The Labute approximate surface area is 80.7 Å². The van der Waals surface area contributed by atoms with E-state index in [2.05, 4.69) is 6.58 Å². The first-order valence-electron chi connectivity index (χ1n) is 3.82. The molecule has 0 nitrogen and oxygen atoms in total. The van der Waals surface area contributed by atoms with E-state index in [0.717, 1.165) is 22.3 Å². The van der Waals surface area contributed by atoms with Gasteiger partial charge < -0.3 is 0 Å². The lowest BCUT2D eigenvalue weighted by Gasteiger charge is -2.01. The zero-order chi connectivity index (χ0) is 9.84. The second kappa shape index (κ2) is 4.42. The number of halogens is 2. The highest BCUT2D eigenvalue weighted by atomic mass is 32.2. The van der Waals surface area contributed by atoms with Crippen LogP contribution in [0, 0.1) is 11.6 Å². The van der Waals surface area contributed by atoms with Gasteiger partial charge in [-0.1, -0.05) is 12.2 Å². The molecule has 0 aliphatic carbocycles. The van der Waals surface area contributed by atoms with Crippen molar-refractivity contribution in [3.8, 4) is 0 Å². The minimum atomic E-state index is -0.806. The summed E-state index contributed by atoms with van der Waals surface area (Å²) in [5.74, 6) is -0.878. The van der Waals surface area contributed by atoms with E-state index < -0.39 is 11.6 Å². The lowest BCUT2D eigenvalue weighted by atomic mass is 10.3. The summed E-state index contributed by atoms with van der Waals surface area (Å²) in [4.78, 5) is 0.724. The van der Waals surface area contributed by atoms with Crippen LogP contribution in [0.3, 0.4) is 0 Å². The molecule has 0 heterocycles. The second-order valence-corrected chi connectivity index (χ2v) is 3.87. The normalized spacial score (nSPS) is 10.1. The van der Waals surface area contributed by atoms with Crippen LogP contribution in [-0.4, -0.2) is 5.75 Å². The Bertz CT molecular complexity index is 321. The summed E-state index contributed by atoms with van der Waals surface area (Å²) in [6.45, 7) is 5.62. The Morgan fingerprint density at radius 2 is 2.08 bits per heavy atom. The van der Waals surface area contributed by atoms with Gasteiger partial charge in [0.1, 0.15) is 0 Å². The highest BCUT2D eigenvalue weighted by Gasteiger charge is 2.02. The van der Waals surface area contributed by atoms with E-state index in [1.54, 1.807) is 6.07 Å². The van der Waals surface area contributed by atoms with Crippen molar-refractivity contribution in [2.45, 2.75) is 11.8 Å². The van der Waals surface area contributed by atoms with E-state index in [9.17, 15) is 8.78 Å². The van der Waals surface area contributed by atoms with Gasteiger partial charge in [-0.2, -0.15) is 0 Å². The average Bonchev–Trinajstić information content (AvgIpc) is 2.07. The molecule has 0 bridgehead atoms. The molecule has 0 amide bonds. The molecule has 0 aliphatic heterocycles. The molecule has 0 N–H and O–H groups in total. The largest absolute Gasteiger partial charge is 0.204 e. The second-order valence-electron chi connectivity index (χ2n) is 2.82. The van der Waals surface area contributed by atoms with E-state index >= 15 is 0 Å². The Kier molecular flexibility index (Phi) is 3.48. The van der Waals surface area contributed by atoms with Gasteiger partial charge in [0.2, 0.25) is 0 Å². The van der Waals surface area contributed by atoms with Crippen LogP contribution in [0.5, 0.6) is 0 Å². The molecular formula is C10H10F2S. The van der Waals surface area contributed by atoms with Crippen LogP contribution in [0.15, 0.2) is 35.2 Å². The van der Waals surface area contributed by atoms with Gasteiger partial charge >= 0.3 is 0 Å². The van der Waals surface area contributed by atoms with Crippen LogP contribution in [0.25, 0.3) is 0 Å². The number of hydrogen-bond acceptors (Lipinski definition) is 1. The zero-order valence-electron chi connectivity index (χ0n) is 7.31. The van der Waals surface area contributed by atoms with Crippen LogP contribution in [0.1, 0.15) is 6.92 Å². The first-order chi connectivity index (χ1) is 6.09. The average molecular weight is 200 g/mol. The molecule has 0 atom stereocenters. The van der Waals surface area contributed by atoms with Crippen molar-refractivity contribution in [3.05, 3.63) is 42.0 Å². The Hall–Kier alpha value is -0.830. The minimum absolute atomic E-state index is 0.724. The predicted octanol–water partition coefficient (Wildman–Crippen LogP) is 3.63. The molecule has 1 aromatic rings. The number of thioether (sulfide) groups is 1. The zero-order valence-corrected chi connectivity index (χ0v) is 8.13. The maximum atomic E-state index is 12.7. The fourth-order valence-electron chi connectivity index (χ4n) is 0.773. The van der Waals surface area contributed by atoms with Gasteiger partial charge in [0.05, 0.1) is 0 Å². The molecule has 70 valence electrons. The lowest BCUT2D eigenvalue weighted by molar-refractivity contribution is 0.506. The van der Waals surface area contributed by atoms with Crippen molar-refractivity contribution in [1.29, 1.82) is 0 Å². The van der Waals surface area contributed by atoms with Crippen molar-refractivity contribution in [3.63, 3.8) is 0 Å². The van der Waals surface area contributed by atoms with Crippen molar-refractivity contribution >= 4 is 11.8 Å². The molecule has 3 heteroatoms. The topological polar surface area (TPSA) is 0 Å². The molecule has 0 spiro atoms. The number of hydrogen-bond donors (Lipinski definition) is 0. The van der Waals surface area contributed by atoms with Crippen LogP contribution in [0.2, 0.25) is 0 Å². The number of benzene rings is 1. The SMILES string of the molecule is C=C(C)CSc1ccc(F)c(F)c1. The van der Waals surface area contributed by atoms with E-state index in [1.807, 2.05) is 6.92 Å². The van der Waals surface area contributed by atoms with E-state index in [0.29, 0.717) is 0 Å². The van der Waals surface area contributed by atoms with Crippen LogP contribution in [0.4, 0.5) is 8.78 Å². The van der Waals surface area contributed by atoms with Crippen molar-refractivity contribution in [2.24, 2.45) is 0 Å². The molecule has 0 aliphatic rings. The lowest BCUT2D eigenvalue weighted by Crippen LogP contribution is -1.85. The van der Waals surface area contributed by atoms with Crippen molar-refractivity contribution < 1.29 is 8.78 Å². The first kappa shape index (κ1) is 10.3. The molecule has 0 saturated heterocycles. The van der Waals surface area contributed by atoms with Gasteiger partial charge in [-0.15, -0.1) is 11.8 Å². The summed E-state index contributed by atoms with van der Waals surface area (Å²) >= 11 is 1.45. The summed E-state index contributed by atoms with van der Waals surface area (Å²) in [7, 11) is 0. The predicted molar refractivity (Wildman–Crippen MR) is 51.9 cm³/mol. The first-order valence-corrected chi connectivity index (χ1v) is 4.80. The quantitative estimate of drug-likeness (QED) is 0.530. The number of rotatable bonds is 3. The molecule has 0 saturated carbocycles. The summed E-state index contributed by atoms with van der Waals surface area (Å²) in [5, 5.41) is 0. The fraction of sp³-hybridized carbons (Fsp3) is 0.200. The third-order valence-electron chi connectivity index (χ3n) is 1.38. The highest BCUT2D eigenvalue weighted by Crippen LogP contribution is 2.21. The van der Waals surface area contributed by atoms with Crippen LogP contribution >= 0.6 is 11.8 Å². The van der Waals surface area contributed by atoms with E-state index in [1.165, 1.54) is 17.8 Å². The van der Waals surface area contributed by atoms with Crippen molar-refractivity contribution in [1.82, 2.24) is 0 Å². The standard InChI is InChI=1S/C10H10F2S/c1-7(2)6-13-8-3-4-9(11)10(12)5-8/h3-5H,1,6H2,2H3. The summed E-state index contributed by atoms with van der Waals surface area (Å²) in [6.07, 6.45) is 0. The van der Waals surface area contributed by atoms with Crippen molar-refractivity contribution in [2.75, 3.05) is 5.75 Å². The Balaban J connectivity index is 2.68. The maximum absolute atomic E-state index is 12.7. The van der Waals surface area contributed by atoms with Gasteiger partial charge in [-0.25, -0.2) is 8.78 Å².